The third-order valence-corrected chi connectivity index (χ3v) is 5.33. The van der Waals surface area contributed by atoms with Crippen molar-refractivity contribution >= 4 is 72.1 Å². The Morgan fingerprint density at radius 1 is 1.56 bits per heavy atom. The van der Waals surface area contributed by atoms with Crippen molar-refractivity contribution in [3.8, 4) is 17.6 Å². The molecule has 0 saturated heterocycles. The molecule has 0 aliphatic heterocycles. The first kappa shape index (κ1) is 19.8. The van der Waals surface area contributed by atoms with Crippen molar-refractivity contribution in [2.45, 2.75) is 0 Å². The lowest BCUT2D eigenvalue weighted by Crippen LogP contribution is -2.05. The highest BCUT2D eigenvalue weighted by Crippen LogP contribution is 2.41. The van der Waals surface area contributed by atoms with E-state index in [4.69, 9.17) is 27.0 Å². The van der Waals surface area contributed by atoms with E-state index in [0.717, 1.165) is 6.21 Å². The molecule has 2 atom stereocenters. The molecule has 2 aromatic rings. The fraction of sp³-hybridized carbons (Fsp3) is 0. The molecule has 0 bridgehead atoms. The van der Waals surface area contributed by atoms with Gasteiger partial charge in [-0.3, -0.25) is 10.1 Å². The van der Waals surface area contributed by atoms with E-state index in [-0.39, 0.29) is 22.1 Å². The summed E-state index contributed by atoms with van der Waals surface area (Å²) in [5.74, 6) is -0.00738. The van der Waals surface area contributed by atoms with Gasteiger partial charge in [-0.15, -0.1) is 9.24 Å². The van der Waals surface area contributed by atoms with Gasteiger partial charge >= 0.3 is 5.69 Å². The van der Waals surface area contributed by atoms with Crippen LogP contribution in [0, 0.1) is 26.9 Å². The Labute approximate surface area is 165 Å². The van der Waals surface area contributed by atoms with Crippen LogP contribution in [0.15, 0.2) is 24.3 Å². The zero-order valence-electron chi connectivity index (χ0n) is 12.3. The van der Waals surface area contributed by atoms with Crippen LogP contribution in [-0.2, 0) is 0 Å². The molecule has 0 radical (unpaired) electrons. The zero-order chi connectivity index (χ0) is 18.6. The van der Waals surface area contributed by atoms with E-state index in [9.17, 15) is 10.1 Å². The number of ether oxygens (including phenoxy) is 1. The molecule has 0 aliphatic rings. The number of nitriles is 1. The molecule has 0 saturated carbocycles. The highest BCUT2D eigenvalue weighted by molar-refractivity contribution is 14.2. The number of para-hydroxylation sites is 1. The molecule has 7 nitrogen and oxygen atoms in total. The van der Waals surface area contributed by atoms with Crippen molar-refractivity contribution < 1.29 is 9.66 Å². The molecule has 11 heteroatoms. The van der Waals surface area contributed by atoms with Crippen LogP contribution in [0.3, 0.4) is 0 Å². The van der Waals surface area contributed by atoms with E-state index in [0.29, 0.717) is 22.9 Å². The molecular weight excluding hydrogens is 496 g/mol. The summed E-state index contributed by atoms with van der Waals surface area (Å²) in [6, 6.07) is 7.71. The molecule has 0 aromatic heterocycles. The van der Waals surface area contributed by atoms with Crippen molar-refractivity contribution in [1.29, 1.82) is 10.7 Å². The minimum absolute atomic E-state index is 0.111. The molecule has 2 rings (SSSR count). The lowest BCUT2D eigenvalue weighted by atomic mass is 10.1. The van der Waals surface area contributed by atoms with Gasteiger partial charge in [0.25, 0.3) is 0 Å². The Hall–Kier alpha value is -1.52. The first-order chi connectivity index (χ1) is 11.9. The van der Waals surface area contributed by atoms with Gasteiger partial charge in [-0.05, 0) is 45.5 Å². The lowest BCUT2D eigenvalue weighted by molar-refractivity contribution is -0.385. The fourth-order valence-electron chi connectivity index (χ4n) is 2.06. The van der Waals surface area contributed by atoms with Crippen LogP contribution in [0.5, 0.6) is 11.5 Å². The van der Waals surface area contributed by atoms with E-state index in [1.54, 1.807) is 12.1 Å². The predicted molar refractivity (Wildman–Crippen MR) is 113 cm³/mol. The molecule has 2 unspecified atom stereocenters. The van der Waals surface area contributed by atoms with Crippen molar-refractivity contribution in [3.63, 3.8) is 0 Å². The van der Waals surface area contributed by atoms with Gasteiger partial charge in [-0.1, -0.05) is 17.7 Å². The molecule has 0 spiro atoms. The smallest absolute Gasteiger partial charge is 0.329 e. The van der Waals surface area contributed by atoms with Crippen molar-refractivity contribution in [2.75, 3.05) is 5.09 Å². The maximum absolute atomic E-state index is 11.3. The van der Waals surface area contributed by atoms with Crippen LogP contribution >= 0.6 is 49.3 Å². The second-order valence-electron chi connectivity index (χ2n) is 4.56. The van der Waals surface area contributed by atoms with E-state index in [1.165, 1.54) is 18.2 Å². The monoisotopic (exact) mass is 506 g/mol. The molecular formula is C14H10ClIN4O3P2. The minimum atomic E-state index is -0.679. The number of nitrogens with zero attached hydrogens (tertiary/aromatic N) is 2. The first-order valence-corrected chi connectivity index (χ1v) is 11.6. The van der Waals surface area contributed by atoms with Gasteiger partial charge in [-0.2, -0.15) is 5.26 Å². The van der Waals surface area contributed by atoms with E-state index < -0.39 is 10.6 Å². The highest BCUT2D eigenvalue weighted by atomic mass is 127. The number of halogens is 2. The number of anilines is 1. The number of nitro groups is 1. The van der Waals surface area contributed by atoms with Crippen LogP contribution < -0.4 is 15.1 Å². The van der Waals surface area contributed by atoms with Gasteiger partial charge < -0.3 is 15.2 Å². The maximum atomic E-state index is 11.3. The first-order valence-electron chi connectivity index (χ1n) is 6.54. The average molecular weight is 507 g/mol. The number of rotatable bonds is 6. The van der Waals surface area contributed by atoms with Crippen LogP contribution in [0.1, 0.15) is 11.1 Å². The topological polar surface area (TPSA) is 112 Å². The average Bonchev–Trinajstić information content (AvgIpc) is 2.59. The number of nitro benzene ring substituents is 1. The SMILES string of the molecule is N#Cc1cccc(Oc2c(Cl)c(P)cc(NPI)c2C=N)c1[N+](=O)[O-]. The molecule has 2 aromatic carbocycles. The number of hydrogen-bond donors (Lipinski definition) is 2. The molecule has 2 N–H and O–H groups in total. The second-order valence-corrected chi connectivity index (χ2v) is 7.61. The molecule has 25 heavy (non-hydrogen) atoms. The normalized spacial score (nSPS) is 10.5. The molecule has 128 valence electrons. The van der Waals surface area contributed by atoms with E-state index >= 15 is 0 Å². The maximum Gasteiger partial charge on any atom is 0.329 e. The number of hydrogen-bond acceptors (Lipinski definition) is 6. The summed E-state index contributed by atoms with van der Waals surface area (Å²) in [7, 11) is 2.45. The van der Waals surface area contributed by atoms with Crippen molar-refractivity contribution in [1.82, 2.24) is 0 Å². The van der Waals surface area contributed by atoms with Crippen molar-refractivity contribution in [2.24, 2.45) is 0 Å². The standard InChI is InChI=1S/C14H10ClIN4O3P2/c15-12-11(24)4-9(19-25-16)8(6-18)14(12)23-10-3-1-2-7(5-17)13(10)20(21)22/h1-4,6,18-19,25H,24H2. The Morgan fingerprint density at radius 2 is 2.28 bits per heavy atom. The summed E-state index contributed by atoms with van der Waals surface area (Å²) < 4.78 is 5.71. The second kappa shape index (κ2) is 8.72. The largest absolute Gasteiger partial charge is 0.448 e. The Bertz CT molecular complexity index is 905. The fourth-order valence-corrected chi connectivity index (χ4v) is 3.73. The van der Waals surface area contributed by atoms with Gasteiger partial charge in [0.1, 0.15) is 11.6 Å². The van der Waals surface area contributed by atoms with Gasteiger partial charge in [-0.25, -0.2) is 0 Å². The Morgan fingerprint density at radius 3 is 2.84 bits per heavy atom. The summed E-state index contributed by atoms with van der Waals surface area (Å²) >= 11 is 8.43. The summed E-state index contributed by atoms with van der Waals surface area (Å²) in [5, 5.41) is 32.0. The highest BCUT2D eigenvalue weighted by Gasteiger charge is 2.24. The number of benzene rings is 2. The molecule has 0 aliphatic carbocycles. The third kappa shape index (κ3) is 4.18. The Balaban J connectivity index is 2.68. The summed E-state index contributed by atoms with van der Waals surface area (Å²) in [5.41, 5.74) is 0.406. The van der Waals surface area contributed by atoms with E-state index in [2.05, 4.69) is 36.4 Å². The molecule has 0 amide bonds. The van der Waals surface area contributed by atoms with Gasteiger partial charge in [0, 0.05) is 12.6 Å². The molecule has 0 heterocycles. The van der Waals surface area contributed by atoms with Gasteiger partial charge in [0.2, 0.25) is 5.75 Å². The van der Waals surface area contributed by atoms with E-state index in [1.807, 2.05) is 0 Å². The van der Waals surface area contributed by atoms with Crippen LogP contribution in [0.2, 0.25) is 5.02 Å². The third-order valence-electron chi connectivity index (χ3n) is 3.13. The van der Waals surface area contributed by atoms with Crippen LogP contribution in [0.25, 0.3) is 0 Å². The lowest BCUT2D eigenvalue weighted by Gasteiger charge is -2.16. The molecule has 0 fully saturated rings. The summed E-state index contributed by atoms with van der Waals surface area (Å²) in [6.07, 6.45) is 1.40. The predicted octanol–water partition coefficient (Wildman–Crippen LogP) is 4.77. The van der Waals surface area contributed by atoms with Crippen LogP contribution in [-0.4, -0.2) is 11.1 Å². The summed E-state index contributed by atoms with van der Waals surface area (Å²) in [6.45, 7) is 0. The van der Waals surface area contributed by atoms with Crippen LogP contribution in [0.4, 0.5) is 11.4 Å². The zero-order valence-corrected chi connectivity index (χ0v) is 17.4. The quantitative estimate of drug-likeness (QED) is 0.193. The minimum Gasteiger partial charge on any atom is -0.448 e. The van der Waals surface area contributed by atoms with Gasteiger partial charge in [0.05, 0.1) is 21.2 Å². The summed E-state index contributed by atoms with van der Waals surface area (Å²) in [4.78, 5) is 10.7. The van der Waals surface area contributed by atoms with Crippen molar-refractivity contribution in [3.05, 3.63) is 50.5 Å². The Kier molecular flexibility index (Phi) is 6.91. The van der Waals surface area contributed by atoms with Gasteiger partial charge in [0.15, 0.2) is 5.75 Å². The number of nitrogens with one attached hydrogen (secondary N) is 2.